The largest absolute Gasteiger partial charge is 0.0629 e. The van der Waals surface area contributed by atoms with Crippen LogP contribution in [-0.2, 0) is 0 Å². The second-order valence-corrected chi connectivity index (χ2v) is 8.12. The van der Waals surface area contributed by atoms with Gasteiger partial charge in [0.1, 0.15) is 0 Å². The molecular formula is C36H24. The Kier molecular flexibility index (Phi) is 2.40. The van der Waals surface area contributed by atoms with Crippen molar-refractivity contribution in [3.05, 3.63) is 145 Å². The minimum Gasteiger partial charge on any atom is -0.0622 e. The van der Waals surface area contributed by atoms with Crippen LogP contribution in [0.1, 0.15) is 21.9 Å². The van der Waals surface area contributed by atoms with E-state index in [4.69, 9.17) is 21.9 Å². The summed E-state index contributed by atoms with van der Waals surface area (Å²) >= 11 is 0. The Morgan fingerprint density at radius 3 is 1.50 bits per heavy atom. The predicted octanol–water partition coefficient (Wildman–Crippen LogP) is 10.1. The Hall–Kier alpha value is -4.68. The molecule has 0 bridgehead atoms. The monoisotopic (exact) mass is 472 g/mol. The van der Waals surface area contributed by atoms with Gasteiger partial charge in [-0.2, -0.15) is 0 Å². The molecule has 7 rings (SSSR count). The van der Waals surface area contributed by atoms with Crippen molar-refractivity contribution in [3.8, 4) is 33.4 Å². The molecule has 0 unspecified atom stereocenters. The van der Waals surface area contributed by atoms with E-state index in [0.29, 0.717) is 32.7 Å². The zero-order valence-corrected chi connectivity index (χ0v) is 18.6. The standard InChI is InChI=1S/C36H24/c1-2-11-25(12-3-1)26-21-23-28(24-22-26)35-31-16-6-8-18-33(31)36(34-19-9-7-17-32(34)35)30-20-10-14-27-13-4-5-15-29(27)30/h1-24H/i1D,2D,3D,4D,5D,6D,7D,8D,9D,10D,11D,12D,13D,14D,21D,22D. The third kappa shape index (κ3) is 3.31. The molecule has 0 heterocycles. The second-order valence-electron chi connectivity index (χ2n) is 8.12. The first-order chi connectivity index (χ1) is 24.4. The van der Waals surface area contributed by atoms with Crippen molar-refractivity contribution in [2.75, 3.05) is 0 Å². The molecule has 0 aliphatic rings. The van der Waals surface area contributed by atoms with Gasteiger partial charge >= 0.3 is 0 Å². The quantitative estimate of drug-likeness (QED) is 0.224. The maximum absolute atomic E-state index is 8.98. The number of hydrogen-bond acceptors (Lipinski definition) is 0. The highest BCUT2D eigenvalue weighted by molar-refractivity contribution is 6.23. The van der Waals surface area contributed by atoms with Crippen LogP contribution < -0.4 is 0 Å². The molecule has 0 N–H and O–H groups in total. The first-order valence-electron chi connectivity index (χ1n) is 19.1. The van der Waals surface area contributed by atoms with E-state index >= 15 is 0 Å². The van der Waals surface area contributed by atoms with E-state index < -0.39 is 42.3 Å². The van der Waals surface area contributed by atoms with Gasteiger partial charge in [-0.05, 0) is 65.7 Å². The third-order valence-electron chi connectivity index (χ3n) is 6.19. The van der Waals surface area contributed by atoms with Crippen LogP contribution in [-0.4, -0.2) is 0 Å². The summed E-state index contributed by atoms with van der Waals surface area (Å²) in [7, 11) is 0. The average Bonchev–Trinajstić information content (AvgIpc) is 3.08. The van der Waals surface area contributed by atoms with E-state index in [9.17, 15) is 0 Å². The van der Waals surface area contributed by atoms with Gasteiger partial charge in [-0.1, -0.05) is 145 Å². The minimum atomic E-state index is -0.620. The summed E-state index contributed by atoms with van der Waals surface area (Å²) < 4.78 is 136. The van der Waals surface area contributed by atoms with Crippen molar-refractivity contribution >= 4 is 32.3 Å². The summed E-state index contributed by atoms with van der Waals surface area (Å²) in [5, 5.41) is 1.44. The fourth-order valence-corrected chi connectivity index (χ4v) is 4.65. The van der Waals surface area contributed by atoms with Gasteiger partial charge in [-0.3, -0.25) is 0 Å². The van der Waals surface area contributed by atoms with Crippen molar-refractivity contribution < 1.29 is 21.9 Å². The molecule has 168 valence electrons. The average molecular weight is 473 g/mol. The van der Waals surface area contributed by atoms with Crippen LogP contribution in [0.15, 0.2) is 145 Å². The fourth-order valence-electron chi connectivity index (χ4n) is 4.65. The van der Waals surface area contributed by atoms with Crippen LogP contribution in [0, 0.1) is 0 Å². The third-order valence-corrected chi connectivity index (χ3v) is 6.19. The predicted molar refractivity (Wildman–Crippen MR) is 155 cm³/mol. The lowest BCUT2D eigenvalue weighted by Crippen LogP contribution is -1.91. The van der Waals surface area contributed by atoms with Gasteiger partial charge in [0.05, 0.1) is 21.9 Å². The van der Waals surface area contributed by atoms with E-state index in [-0.39, 0.29) is 87.4 Å². The van der Waals surface area contributed by atoms with Gasteiger partial charge in [0, 0.05) is 0 Å². The van der Waals surface area contributed by atoms with E-state index in [2.05, 4.69) is 0 Å². The Morgan fingerprint density at radius 2 is 0.833 bits per heavy atom. The summed E-state index contributed by atoms with van der Waals surface area (Å²) in [6.45, 7) is 0. The zero-order chi connectivity index (χ0) is 37.8. The summed E-state index contributed by atoms with van der Waals surface area (Å²) in [6.07, 6.45) is 0. The molecule has 7 aromatic carbocycles. The maximum atomic E-state index is 8.98. The molecule has 0 radical (unpaired) electrons. The van der Waals surface area contributed by atoms with Crippen molar-refractivity contribution in [2.45, 2.75) is 0 Å². The van der Waals surface area contributed by atoms with Crippen molar-refractivity contribution in [1.82, 2.24) is 0 Å². The molecule has 0 aliphatic carbocycles. The maximum Gasteiger partial charge on any atom is 0.0629 e. The summed E-state index contributed by atoms with van der Waals surface area (Å²) in [6, 6.07) is 4.81. The molecule has 0 aliphatic heterocycles. The number of fused-ring (bicyclic) bond motifs is 3. The molecule has 0 aromatic heterocycles. The van der Waals surface area contributed by atoms with Gasteiger partial charge in [0.2, 0.25) is 0 Å². The molecule has 0 atom stereocenters. The lowest BCUT2D eigenvalue weighted by atomic mass is 9.84. The molecule has 0 saturated heterocycles. The molecular weight excluding hydrogens is 432 g/mol. The molecule has 0 nitrogen and oxygen atoms in total. The van der Waals surface area contributed by atoms with E-state index in [1.165, 1.54) is 48.5 Å². The SMILES string of the molecule is [2H]c1cc2c(-c3cc([2H])c(-c4c([2H])c([2H])c([2H])c([2H])c4[2H])c([2H])c3)c3cc([2H])c([2H])cc3c(-c3cc([2H])c([2H])c4c([2H])c([2H])c([2H])cc34)c2cc1[2H]. The first kappa shape index (κ1) is 10.1. The highest BCUT2D eigenvalue weighted by Gasteiger charge is 2.17. The first-order valence-corrected chi connectivity index (χ1v) is 11.1. The Balaban J connectivity index is 1.66. The fraction of sp³-hybridized carbons (Fsp3) is 0. The van der Waals surface area contributed by atoms with Crippen LogP contribution in [0.25, 0.3) is 65.7 Å². The van der Waals surface area contributed by atoms with Crippen LogP contribution >= 0.6 is 0 Å². The normalized spacial score (nSPS) is 17.6. The van der Waals surface area contributed by atoms with Crippen LogP contribution in [0.4, 0.5) is 0 Å². The van der Waals surface area contributed by atoms with Crippen molar-refractivity contribution in [1.29, 1.82) is 0 Å². The summed E-state index contributed by atoms with van der Waals surface area (Å²) in [4.78, 5) is 0. The zero-order valence-electron chi connectivity index (χ0n) is 34.6. The highest BCUT2D eigenvalue weighted by atomic mass is 14.2. The second kappa shape index (κ2) is 8.52. The van der Waals surface area contributed by atoms with Crippen LogP contribution in [0.3, 0.4) is 0 Å². The number of rotatable bonds is 3. The number of benzene rings is 7. The van der Waals surface area contributed by atoms with Crippen molar-refractivity contribution in [2.24, 2.45) is 0 Å². The lowest BCUT2D eigenvalue weighted by Gasteiger charge is -2.19. The topological polar surface area (TPSA) is 0 Å². The Bertz CT molecular complexity index is 2630. The molecule has 7 aromatic rings. The molecule has 36 heavy (non-hydrogen) atoms. The molecule has 0 spiro atoms. The number of hydrogen-bond donors (Lipinski definition) is 0. The van der Waals surface area contributed by atoms with Gasteiger partial charge in [-0.15, -0.1) is 0 Å². The van der Waals surface area contributed by atoms with E-state index in [1.54, 1.807) is 0 Å². The van der Waals surface area contributed by atoms with Crippen LogP contribution in [0.5, 0.6) is 0 Å². The Morgan fingerprint density at radius 1 is 0.333 bits per heavy atom. The van der Waals surface area contributed by atoms with Gasteiger partial charge in [0.15, 0.2) is 0 Å². The minimum absolute atomic E-state index is 0.0405. The van der Waals surface area contributed by atoms with Gasteiger partial charge < -0.3 is 0 Å². The summed E-state index contributed by atoms with van der Waals surface area (Å²) in [5.74, 6) is 0. The molecule has 0 fully saturated rings. The molecule has 0 amide bonds. The highest BCUT2D eigenvalue weighted by Crippen LogP contribution is 2.45. The van der Waals surface area contributed by atoms with Crippen LogP contribution in [0.2, 0.25) is 0 Å². The van der Waals surface area contributed by atoms with Gasteiger partial charge in [-0.25, -0.2) is 0 Å². The Labute approximate surface area is 233 Å². The van der Waals surface area contributed by atoms with Gasteiger partial charge in [0.25, 0.3) is 0 Å². The van der Waals surface area contributed by atoms with E-state index in [1.807, 2.05) is 0 Å². The smallest absolute Gasteiger partial charge is 0.0622 e. The van der Waals surface area contributed by atoms with Crippen molar-refractivity contribution in [3.63, 3.8) is 0 Å². The summed E-state index contributed by atoms with van der Waals surface area (Å²) in [5.41, 5.74) is 0.605. The lowest BCUT2D eigenvalue weighted by molar-refractivity contribution is 1.61. The van der Waals surface area contributed by atoms with E-state index in [0.717, 1.165) is 0 Å². The molecule has 0 saturated carbocycles. The molecule has 0 heteroatoms.